The summed E-state index contributed by atoms with van der Waals surface area (Å²) in [5.41, 5.74) is 1.58. The molecule has 2 aromatic rings. The highest BCUT2D eigenvalue weighted by Gasteiger charge is 2.44. The van der Waals surface area contributed by atoms with Crippen LogP contribution in [0.3, 0.4) is 0 Å². The average Bonchev–Trinajstić information content (AvgIpc) is 3.69. The van der Waals surface area contributed by atoms with Crippen LogP contribution in [0.1, 0.15) is 71.9 Å². The van der Waals surface area contributed by atoms with E-state index in [0.29, 0.717) is 22.3 Å². The summed E-state index contributed by atoms with van der Waals surface area (Å²) in [5, 5.41) is 54.6. The first-order valence-electron chi connectivity index (χ1n) is 19.0. The first kappa shape index (κ1) is 44.5. The lowest BCUT2D eigenvalue weighted by atomic mass is 9.91. The number of ether oxygens (including phenoxy) is 6. The van der Waals surface area contributed by atoms with Gasteiger partial charge in [-0.1, -0.05) is 36.4 Å². The SMILES string of the molecule is CC(C)(C)OC(=O)CCC(CO)NC(=O)c1cccc(CNC(=O)C2=CC3OCOC3C(OC(=O)c3ccc(C=CCOC4OC(CO)C(O)C(O)C4O)cc3)C2)c1. The summed E-state index contributed by atoms with van der Waals surface area (Å²) in [7, 11) is 0. The summed E-state index contributed by atoms with van der Waals surface area (Å²) in [6, 6.07) is 12.4. The van der Waals surface area contributed by atoms with Crippen molar-refractivity contribution in [1.82, 2.24) is 10.6 Å². The van der Waals surface area contributed by atoms with Gasteiger partial charge in [0.15, 0.2) is 6.29 Å². The number of carbonyl (C=O) groups is 4. The van der Waals surface area contributed by atoms with Gasteiger partial charge in [0, 0.05) is 30.5 Å². The third kappa shape index (κ3) is 12.2. The maximum Gasteiger partial charge on any atom is 0.338 e. The minimum Gasteiger partial charge on any atom is -0.460 e. The molecule has 2 heterocycles. The Morgan fingerprint density at radius 2 is 1.71 bits per heavy atom. The van der Waals surface area contributed by atoms with Crippen LogP contribution < -0.4 is 10.6 Å². The number of hydrogen-bond acceptors (Lipinski definition) is 15. The second kappa shape index (κ2) is 20.4. The maximum atomic E-state index is 13.4. The average molecular weight is 813 g/mol. The number of fused-ring (bicyclic) bond motifs is 1. The van der Waals surface area contributed by atoms with E-state index in [-0.39, 0.29) is 51.4 Å². The van der Waals surface area contributed by atoms with Crippen molar-refractivity contribution < 1.29 is 73.1 Å². The summed E-state index contributed by atoms with van der Waals surface area (Å²) in [5.74, 6) is -1.94. The first-order chi connectivity index (χ1) is 27.6. The van der Waals surface area contributed by atoms with Crippen LogP contribution in [0.25, 0.3) is 6.08 Å². The van der Waals surface area contributed by atoms with E-state index in [4.69, 9.17) is 28.4 Å². The number of benzene rings is 2. The van der Waals surface area contributed by atoms with Crippen LogP contribution in [0.5, 0.6) is 0 Å². The number of aliphatic hydroxyl groups excluding tert-OH is 5. The third-order valence-electron chi connectivity index (χ3n) is 9.52. The van der Waals surface area contributed by atoms with Gasteiger partial charge >= 0.3 is 11.9 Å². The van der Waals surface area contributed by atoms with Crippen LogP contribution in [0, 0.1) is 0 Å². The van der Waals surface area contributed by atoms with Gasteiger partial charge in [0.2, 0.25) is 5.91 Å². The summed E-state index contributed by atoms with van der Waals surface area (Å²) in [4.78, 5) is 51.6. The third-order valence-corrected chi connectivity index (χ3v) is 9.52. The van der Waals surface area contributed by atoms with Gasteiger partial charge in [0.25, 0.3) is 5.91 Å². The number of aliphatic hydroxyl groups is 5. The molecule has 58 heavy (non-hydrogen) atoms. The van der Waals surface area contributed by atoms with Gasteiger partial charge in [0.1, 0.15) is 55.1 Å². The standard InChI is InChI=1S/C41H52N2O15/c1-41(2,3)58-32(46)14-13-28(20-44)43-38(51)26-8-4-6-24(16-26)19-42-37(50)27-17-29-36(55-22-54-29)30(18-27)56-39(52)25-11-9-23(10-12-25)7-5-15-53-40-35(49)34(48)33(47)31(21-45)57-40/h4-12,16-17,28-31,33-36,40,44-45,47-49H,13-15,18-22H2,1-3H3,(H,42,50)(H,43,51). The molecule has 3 aliphatic rings. The molecule has 7 N–H and O–H groups in total. The molecule has 1 aliphatic carbocycles. The van der Waals surface area contributed by atoms with E-state index in [1.54, 1.807) is 87.5 Å². The lowest BCUT2D eigenvalue weighted by molar-refractivity contribution is -0.298. The number of hydrogen-bond donors (Lipinski definition) is 7. The highest BCUT2D eigenvalue weighted by molar-refractivity contribution is 5.95. The molecule has 0 spiro atoms. The zero-order valence-electron chi connectivity index (χ0n) is 32.5. The number of rotatable bonds is 16. The van der Waals surface area contributed by atoms with E-state index < -0.39 is 91.0 Å². The van der Waals surface area contributed by atoms with Crippen LogP contribution in [-0.2, 0) is 44.6 Å². The highest BCUT2D eigenvalue weighted by atomic mass is 16.7. The Morgan fingerprint density at radius 1 is 0.948 bits per heavy atom. The van der Waals surface area contributed by atoms with Crippen molar-refractivity contribution in [3.05, 3.63) is 88.5 Å². The van der Waals surface area contributed by atoms with Crippen molar-refractivity contribution in [2.24, 2.45) is 0 Å². The highest BCUT2D eigenvalue weighted by Crippen LogP contribution is 2.31. The summed E-state index contributed by atoms with van der Waals surface area (Å²) >= 11 is 0. The molecule has 5 rings (SSSR count). The van der Waals surface area contributed by atoms with Gasteiger partial charge in [-0.25, -0.2) is 4.79 Å². The smallest absolute Gasteiger partial charge is 0.338 e. The predicted molar refractivity (Wildman–Crippen MR) is 203 cm³/mol. The van der Waals surface area contributed by atoms with Crippen molar-refractivity contribution >= 4 is 29.8 Å². The summed E-state index contributed by atoms with van der Waals surface area (Å²) in [6.45, 7) is 4.35. The molecule has 0 aromatic heterocycles. The maximum absolute atomic E-state index is 13.4. The zero-order valence-corrected chi connectivity index (χ0v) is 32.5. The second-order valence-corrected chi connectivity index (χ2v) is 15.1. The number of carbonyl (C=O) groups excluding carboxylic acids is 4. The van der Waals surface area contributed by atoms with Gasteiger partial charge in [-0.15, -0.1) is 0 Å². The molecule has 17 heteroatoms. The van der Waals surface area contributed by atoms with Crippen molar-refractivity contribution in [2.75, 3.05) is 26.6 Å². The van der Waals surface area contributed by atoms with Crippen molar-refractivity contribution in [3.8, 4) is 0 Å². The molecule has 0 saturated carbocycles. The zero-order chi connectivity index (χ0) is 42.0. The minimum atomic E-state index is -1.55. The van der Waals surface area contributed by atoms with E-state index in [9.17, 15) is 44.7 Å². The molecule has 9 atom stereocenters. The predicted octanol–water partition coefficient (Wildman–Crippen LogP) is 0.642. The molecule has 2 saturated heterocycles. The molecule has 9 unspecified atom stereocenters. The topological polar surface area (TPSA) is 249 Å². The molecule has 2 aromatic carbocycles. The molecule has 0 radical (unpaired) electrons. The molecule has 17 nitrogen and oxygen atoms in total. The van der Waals surface area contributed by atoms with E-state index in [2.05, 4.69) is 10.6 Å². The van der Waals surface area contributed by atoms with Crippen molar-refractivity contribution in [1.29, 1.82) is 0 Å². The Bertz CT molecular complexity index is 1790. The van der Waals surface area contributed by atoms with E-state index in [0.717, 1.165) is 0 Å². The molecule has 0 bridgehead atoms. The van der Waals surface area contributed by atoms with Crippen molar-refractivity contribution in [2.45, 2.75) is 107 Å². The van der Waals surface area contributed by atoms with Crippen LogP contribution >= 0.6 is 0 Å². The van der Waals surface area contributed by atoms with E-state index in [1.165, 1.54) is 0 Å². The van der Waals surface area contributed by atoms with Gasteiger partial charge < -0.3 is 64.6 Å². The first-order valence-corrected chi connectivity index (χ1v) is 19.0. The van der Waals surface area contributed by atoms with Crippen LogP contribution in [0.4, 0.5) is 0 Å². The Kier molecular flexibility index (Phi) is 15.7. The Balaban J connectivity index is 1.10. The van der Waals surface area contributed by atoms with E-state index in [1.807, 2.05) is 0 Å². The van der Waals surface area contributed by atoms with Crippen molar-refractivity contribution in [3.63, 3.8) is 0 Å². The van der Waals surface area contributed by atoms with Gasteiger partial charge in [-0.3, -0.25) is 14.4 Å². The van der Waals surface area contributed by atoms with Gasteiger partial charge in [0.05, 0.1) is 31.4 Å². The lowest BCUT2D eigenvalue weighted by Gasteiger charge is -2.39. The fourth-order valence-electron chi connectivity index (χ4n) is 6.48. The molecular formula is C41H52N2O15. The fourth-order valence-corrected chi connectivity index (χ4v) is 6.48. The number of nitrogens with one attached hydrogen (secondary N) is 2. The number of esters is 2. The normalized spacial score (nSPS) is 26.3. The Labute approximate surface area is 335 Å². The molecule has 2 fully saturated rings. The second-order valence-electron chi connectivity index (χ2n) is 15.1. The van der Waals surface area contributed by atoms with Gasteiger partial charge in [-0.05, 0) is 68.7 Å². The van der Waals surface area contributed by atoms with Crippen LogP contribution in [-0.4, -0.2) is 137 Å². The largest absolute Gasteiger partial charge is 0.460 e. The van der Waals surface area contributed by atoms with Crippen LogP contribution in [0.15, 0.2) is 66.3 Å². The lowest BCUT2D eigenvalue weighted by Crippen LogP contribution is -2.59. The minimum absolute atomic E-state index is 0.0222. The monoisotopic (exact) mass is 812 g/mol. The Hall–Kier alpha value is -4.56. The summed E-state index contributed by atoms with van der Waals surface area (Å²) < 4.78 is 33.2. The molecule has 2 aliphatic heterocycles. The fraction of sp³-hybridized carbons (Fsp3) is 0.512. The van der Waals surface area contributed by atoms with Crippen LogP contribution in [0.2, 0.25) is 0 Å². The molecule has 2 amide bonds. The molecular weight excluding hydrogens is 760 g/mol. The van der Waals surface area contributed by atoms with E-state index >= 15 is 0 Å². The summed E-state index contributed by atoms with van der Waals surface area (Å²) in [6.07, 6.45) is -3.71. The number of amides is 2. The molecule has 316 valence electrons. The Morgan fingerprint density at radius 3 is 2.41 bits per heavy atom. The van der Waals surface area contributed by atoms with Gasteiger partial charge in [-0.2, -0.15) is 0 Å². The quantitative estimate of drug-likeness (QED) is 0.115.